The summed E-state index contributed by atoms with van der Waals surface area (Å²) in [6.45, 7) is 14.4. The van der Waals surface area contributed by atoms with Crippen molar-refractivity contribution in [1.29, 1.82) is 0 Å². The van der Waals surface area contributed by atoms with Crippen molar-refractivity contribution < 1.29 is 19.1 Å². The molecule has 168 valence electrons. The lowest BCUT2D eigenvalue weighted by Crippen LogP contribution is -2.42. The summed E-state index contributed by atoms with van der Waals surface area (Å²) in [7, 11) is 1.68. The van der Waals surface area contributed by atoms with Crippen LogP contribution in [0.2, 0.25) is 0 Å². The quantitative estimate of drug-likeness (QED) is 0.550. The van der Waals surface area contributed by atoms with Gasteiger partial charge in [-0.1, -0.05) is 43.5 Å². The van der Waals surface area contributed by atoms with Gasteiger partial charge in [-0.15, -0.1) is 0 Å². The zero-order chi connectivity index (χ0) is 23.0. The molecule has 1 aliphatic heterocycles. The molecular formula is C25H34N2O4. The molecule has 1 heterocycles. The molecule has 1 aromatic carbocycles. The largest absolute Gasteiger partial charge is 0.444 e. The number of anilines is 1. The van der Waals surface area contributed by atoms with Gasteiger partial charge in [-0.3, -0.25) is 4.90 Å². The lowest BCUT2D eigenvalue weighted by molar-refractivity contribution is 0.0198. The van der Waals surface area contributed by atoms with Crippen LogP contribution in [-0.2, 0) is 9.47 Å². The molecule has 0 saturated carbocycles. The van der Waals surface area contributed by atoms with Crippen molar-refractivity contribution in [3.05, 3.63) is 66.8 Å². The summed E-state index contributed by atoms with van der Waals surface area (Å²) in [5, 5.41) is 0. The summed E-state index contributed by atoms with van der Waals surface area (Å²) >= 11 is 0. The van der Waals surface area contributed by atoms with Gasteiger partial charge in [0.15, 0.2) is 0 Å². The molecule has 0 radical (unpaired) electrons. The number of allylic oxidation sites excluding steroid dienone is 2. The van der Waals surface area contributed by atoms with Gasteiger partial charge in [-0.05, 0) is 56.9 Å². The van der Waals surface area contributed by atoms with Gasteiger partial charge >= 0.3 is 12.2 Å². The third-order valence-corrected chi connectivity index (χ3v) is 5.03. The van der Waals surface area contributed by atoms with Crippen LogP contribution in [0.3, 0.4) is 0 Å². The number of ether oxygens (including phenoxy) is 2. The maximum Gasteiger partial charge on any atom is 0.414 e. The van der Waals surface area contributed by atoms with Crippen molar-refractivity contribution in [2.45, 2.75) is 45.1 Å². The smallest absolute Gasteiger partial charge is 0.414 e. The SMILES string of the molecule is C=C/C=C(\C=C)COC(=O)N(C)c1cccc(C2CCCN(C(=O)OC(C)(C)C)C2)c1. The maximum atomic E-state index is 12.5. The third-order valence-electron chi connectivity index (χ3n) is 5.03. The second-order valence-corrected chi connectivity index (χ2v) is 8.66. The fraction of sp³-hybridized carbons (Fsp3) is 0.440. The van der Waals surface area contributed by atoms with Gasteiger partial charge in [0.05, 0.1) is 0 Å². The molecule has 6 heteroatoms. The first-order chi connectivity index (χ1) is 14.6. The van der Waals surface area contributed by atoms with E-state index in [-0.39, 0.29) is 18.6 Å². The maximum absolute atomic E-state index is 12.5. The van der Waals surface area contributed by atoms with E-state index in [1.165, 1.54) is 4.90 Å². The fourth-order valence-electron chi connectivity index (χ4n) is 3.40. The van der Waals surface area contributed by atoms with E-state index in [0.29, 0.717) is 13.1 Å². The number of amides is 2. The topological polar surface area (TPSA) is 59.1 Å². The number of hydrogen-bond donors (Lipinski definition) is 0. The molecule has 0 aliphatic carbocycles. The summed E-state index contributed by atoms with van der Waals surface area (Å²) < 4.78 is 10.9. The Balaban J connectivity index is 2.05. The van der Waals surface area contributed by atoms with E-state index in [1.807, 2.05) is 45.0 Å². The number of rotatable bonds is 6. The Morgan fingerprint density at radius 1 is 1.29 bits per heavy atom. The van der Waals surface area contributed by atoms with E-state index in [9.17, 15) is 9.59 Å². The number of likely N-dealkylation sites (tertiary alicyclic amines) is 1. The number of nitrogens with zero attached hydrogens (tertiary/aromatic N) is 2. The van der Waals surface area contributed by atoms with Crippen LogP contribution in [0.15, 0.2) is 61.2 Å². The van der Waals surface area contributed by atoms with Crippen molar-refractivity contribution in [3.63, 3.8) is 0 Å². The van der Waals surface area contributed by atoms with E-state index >= 15 is 0 Å². The minimum atomic E-state index is -0.515. The number of hydrogen-bond acceptors (Lipinski definition) is 4. The Hall–Kier alpha value is -3.02. The highest BCUT2D eigenvalue weighted by atomic mass is 16.6. The summed E-state index contributed by atoms with van der Waals surface area (Å²) in [6, 6.07) is 7.81. The Morgan fingerprint density at radius 2 is 2.03 bits per heavy atom. The molecule has 0 bridgehead atoms. The minimum absolute atomic E-state index is 0.131. The van der Waals surface area contributed by atoms with E-state index in [4.69, 9.17) is 9.47 Å². The first-order valence-corrected chi connectivity index (χ1v) is 10.6. The Labute approximate surface area is 185 Å². The molecule has 1 aliphatic rings. The van der Waals surface area contributed by atoms with Crippen LogP contribution >= 0.6 is 0 Å². The highest BCUT2D eigenvalue weighted by molar-refractivity contribution is 5.87. The molecule has 1 aromatic rings. The molecule has 0 aromatic heterocycles. The average molecular weight is 427 g/mol. The Morgan fingerprint density at radius 3 is 2.68 bits per heavy atom. The fourth-order valence-corrected chi connectivity index (χ4v) is 3.40. The number of carbonyl (C=O) groups excluding carboxylic acids is 2. The normalized spacial score (nSPS) is 17.0. The molecule has 6 nitrogen and oxygen atoms in total. The Kier molecular flexibility index (Phi) is 8.48. The Bertz CT molecular complexity index is 838. The number of piperidine rings is 1. The number of carbonyl (C=O) groups is 2. The predicted octanol–water partition coefficient (Wildman–Crippen LogP) is 5.67. The van der Waals surface area contributed by atoms with E-state index in [0.717, 1.165) is 29.7 Å². The van der Waals surface area contributed by atoms with Gasteiger partial charge in [0.2, 0.25) is 0 Å². The van der Waals surface area contributed by atoms with Gasteiger partial charge in [-0.25, -0.2) is 9.59 Å². The van der Waals surface area contributed by atoms with Crippen LogP contribution in [0.25, 0.3) is 0 Å². The summed E-state index contributed by atoms with van der Waals surface area (Å²) in [5.74, 6) is 0.188. The highest BCUT2D eigenvalue weighted by Gasteiger charge is 2.28. The van der Waals surface area contributed by atoms with E-state index in [1.54, 1.807) is 30.2 Å². The van der Waals surface area contributed by atoms with E-state index < -0.39 is 11.7 Å². The zero-order valence-electron chi connectivity index (χ0n) is 19.1. The standard InChI is InChI=1S/C25H34N2O4/c1-7-11-19(8-2)18-30-23(28)26(6)22-14-9-12-20(16-22)21-13-10-15-27(17-21)24(29)31-25(3,4)5/h7-9,11-12,14,16,21H,1-2,10,13,15,17-18H2,3-6H3/b19-11+. The predicted molar refractivity (Wildman–Crippen MR) is 124 cm³/mol. The average Bonchev–Trinajstić information content (AvgIpc) is 2.74. The molecular weight excluding hydrogens is 392 g/mol. The first kappa shape index (κ1) is 24.3. The van der Waals surface area contributed by atoms with Gasteiger partial charge in [-0.2, -0.15) is 0 Å². The van der Waals surface area contributed by atoms with Crippen LogP contribution < -0.4 is 4.90 Å². The van der Waals surface area contributed by atoms with Gasteiger partial charge in [0.25, 0.3) is 0 Å². The summed E-state index contributed by atoms with van der Waals surface area (Å²) in [6.07, 6.45) is 6.17. The lowest BCUT2D eigenvalue weighted by atomic mass is 9.90. The van der Waals surface area contributed by atoms with Crippen LogP contribution in [-0.4, -0.2) is 49.4 Å². The van der Waals surface area contributed by atoms with Gasteiger partial charge in [0, 0.05) is 31.7 Å². The molecule has 2 rings (SSSR count). The molecule has 1 saturated heterocycles. The molecule has 1 unspecified atom stereocenters. The highest BCUT2D eigenvalue weighted by Crippen LogP contribution is 2.30. The molecule has 31 heavy (non-hydrogen) atoms. The molecule has 0 N–H and O–H groups in total. The zero-order valence-corrected chi connectivity index (χ0v) is 19.1. The van der Waals surface area contributed by atoms with Crippen molar-refractivity contribution in [2.75, 3.05) is 31.6 Å². The summed E-state index contributed by atoms with van der Waals surface area (Å²) in [4.78, 5) is 28.2. The monoisotopic (exact) mass is 426 g/mol. The van der Waals surface area contributed by atoms with Crippen molar-refractivity contribution in [2.24, 2.45) is 0 Å². The van der Waals surface area contributed by atoms with Crippen molar-refractivity contribution in [1.82, 2.24) is 4.90 Å². The van der Waals surface area contributed by atoms with Crippen LogP contribution in [0.1, 0.15) is 45.1 Å². The van der Waals surface area contributed by atoms with Crippen LogP contribution in [0.5, 0.6) is 0 Å². The molecule has 2 amide bonds. The number of benzene rings is 1. The molecule has 0 spiro atoms. The summed E-state index contributed by atoms with van der Waals surface area (Å²) in [5.41, 5.74) is 2.09. The van der Waals surface area contributed by atoms with E-state index in [2.05, 4.69) is 13.2 Å². The lowest BCUT2D eigenvalue weighted by Gasteiger charge is -2.34. The molecule has 1 atom stereocenters. The van der Waals surface area contributed by atoms with Crippen LogP contribution in [0, 0.1) is 0 Å². The third kappa shape index (κ3) is 7.31. The van der Waals surface area contributed by atoms with Crippen LogP contribution in [0.4, 0.5) is 15.3 Å². The first-order valence-electron chi connectivity index (χ1n) is 10.6. The van der Waals surface area contributed by atoms with Gasteiger partial charge < -0.3 is 14.4 Å². The second-order valence-electron chi connectivity index (χ2n) is 8.66. The second kappa shape index (κ2) is 10.8. The molecule has 1 fully saturated rings. The minimum Gasteiger partial charge on any atom is -0.444 e. The van der Waals surface area contributed by atoms with Gasteiger partial charge in [0.1, 0.15) is 12.2 Å². The van der Waals surface area contributed by atoms with Crippen molar-refractivity contribution >= 4 is 17.9 Å². The van der Waals surface area contributed by atoms with Crippen molar-refractivity contribution in [3.8, 4) is 0 Å².